The number of carbonyl (C=O) groups excluding carboxylic acids is 1. The van der Waals surface area contributed by atoms with Crippen LogP contribution in [0.25, 0.3) is 0 Å². The summed E-state index contributed by atoms with van der Waals surface area (Å²) in [6.45, 7) is 1.85. The summed E-state index contributed by atoms with van der Waals surface area (Å²) in [6, 6.07) is 2.13. The van der Waals surface area contributed by atoms with Gasteiger partial charge in [-0.3, -0.25) is 0 Å². The van der Waals surface area contributed by atoms with E-state index in [9.17, 15) is 13.6 Å². The number of nitrogens with zero attached hydrogens (tertiary/aromatic N) is 3. The second kappa shape index (κ2) is 7.20. The van der Waals surface area contributed by atoms with Crippen molar-refractivity contribution in [2.45, 2.75) is 19.3 Å². The van der Waals surface area contributed by atoms with Crippen LogP contribution in [-0.4, -0.2) is 29.1 Å². The Bertz CT molecular complexity index is 717. The number of halogens is 2. The van der Waals surface area contributed by atoms with Crippen molar-refractivity contribution in [3.63, 3.8) is 0 Å². The maximum absolute atomic E-state index is 13.5. The molecule has 1 saturated heterocycles. The number of hydrogen-bond donors (Lipinski definition) is 2. The maximum atomic E-state index is 13.5. The van der Waals surface area contributed by atoms with Crippen LogP contribution < -0.4 is 15.5 Å². The van der Waals surface area contributed by atoms with Crippen molar-refractivity contribution in [3.8, 4) is 0 Å². The summed E-state index contributed by atoms with van der Waals surface area (Å²) in [5, 5.41) is 4.73. The van der Waals surface area contributed by atoms with Crippen molar-refractivity contribution in [2.75, 3.05) is 28.6 Å². The molecule has 0 unspecified atom stereocenters. The number of urea groups is 1. The lowest BCUT2D eigenvalue weighted by Gasteiger charge is -2.26. The fraction of sp³-hybridized carbons (Fsp3) is 0.312. The van der Waals surface area contributed by atoms with E-state index in [4.69, 9.17) is 0 Å². The van der Waals surface area contributed by atoms with Crippen LogP contribution in [0.5, 0.6) is 0 Å². The van der Waals surface area contributed by atoms with Crippen LogP contribution in [0, 0.1) is 11.6 Å². The van der Waals surface area contributed by atoms with Crippen molar-refractivity contribution in [1.82, 2.24) is 9.97 Å². The second-order valence-corrected chi connectivity index (χ2v) is 5.52. The summed E-state index contributed by atoms with van der Waals surface area (Å²) in [6.07, 6.45) is 6.42. The third-order valence-electron chi connectivity index (χ3n) is 3.71. The summed E-state index contributed by atoms with van der Waals surface area (Å²) in [5.41, 5.74) is 0.128. The fourth-order valence-corrected chi connectivity index (χ4v) is 2.52. The molecule has 0 aliphatic carbocycles. The number of amides is 2. The van der Waals surface area contributed by atoms with Crippen molar-refractivity contribution < 1.29 is 13.6 Å². The lowest BCUT2D eigenvalue weighted by Crippen LogP contribution is -2.31. The van der Waals surface area contributed by atoms with E-state index in [1.807, 2.05) is 0 Å². The lowest BCUT2D eigenvalue weighted by molar-refractivity contribution is 0.262. The molecule has 0 spiro atoms. The van der Waals surface area contributed by atoms with Gasteiger partial charge in [0.05, 0.1) is 23.8 Å². The van der Waals surface area contributed by atoms with Crippen molar-refractivity contribution in [2.24, 2.45) is 0 Å². The number of hydrogen-bond acceptors (Lipinski definition) is 4. The summed E-state index contributed by atoms with van der Waals surface area (Å²) >= 11 is 0. The standard InChI is InChI=1S/C16H17F2N5O/c17-11-4-5-13(18)14(8-11)22-16(24)21-12-9-19-15(20-10-12)23-6-2-1-3-7-23/h4-5,8-10H,1-3,6-7H2,(H2,21,22,24). The van der Waals surface area contributed by atoms with Crippen molar-refractivity contribution >= 4 is 23.4 Å². The third-order valence-corrected chi connectivity index (χ3v) is 3.71. The van der Waals surface area contributed by atoms with Gasteiger partial charge in [0.1, 0.15) is 11.6 Å². The molecule has 1 fully saturated rings. The Morgan fingerprint density at radius 3 is 2.46 bits per heavy atom. The first-order valence-corrected chi connectivity index (χ1v) is 7.72. The van der Waals surface area contributed by atoms with Gasteiger partial charge >= 0.3 is 6.03 Å². The molecule has 1 aromatic carbocycles. The van der Waals surface area contributed by atoms with Gasteiger partial charge in [-0.2, -0.15) is 0 Å². The zero-order chi connectivity index (χ0) is 16.9. The van der Waals surface area contributed by atoms with Crippen LogP contribution in [0.1, 0.15) is 19.3 Å². The highest BCUT2D eigenvalue weighted by molar-refractivity contribution is 5.99. The number of piperidine rings is 1. The SMILES string of the molecule is O=C(Nc1cnc(N2CCCCC2)nc1)Nc1cc(F)ccc1F. The molecule has 1 aromatic heterocycles. The van der Waals surface area contributed by atoms with Crippen LogP contribution in [-0.2, 0) is 0 Å². The van der Waals surface area contributed by atoms with E-state index in [1.165, 1.54) is 18.8 Å². The van der Waals surface area contributed by atoms with Crippen LogP contribution in [0.2, 0.25) is 0 Å². The molecule has 126 valence electrons. The first-order valence-electron chi connectivity index (χ1n) is 7.72. The molecule has 0 saturated carbocycles. The number of rotatable bonds is 3. The Morgan fingerprint density at radius 1 is 1.04 bits per heavy atom. The predicted octanol–water partition coefficient (Wildman–Crippen LogP) is 3.39. The van der Waals surface area contributed by atoms with E-state index in [2.05, 4.69) is 25.5 Å². The molecule has 8 heteroatoms. The average Bonchev–Trinajstić information content (AvgIpc) is 2.59. The van der Waals surface area contributed by atoms with Gasteiger partial charge in [-0.1, -0.05) is 0 Å². The van der Waals surface area contributed by atoms with E-state index in [0.717, 1.165) is 44.1 Å². The van der Waals surface area contributed by atoms with E-state index in [1.54, 1.807) is 0 Å². The quantitative estimate of drug-likeness (QED) is 0.903. The van der Waals surface area contributed by atoms with Crippen molar-refractivity contribution in [3.05, 3.63) is 42.2 Å². The summed E-state index contributed by atoms with van der Waals surface area (Å²) in [7, 11) is 0. The molecule has 6 nitrogen and oxygen atoms in total. The summed E-state index contributed by atoms with van der Waals surface area (Å²) < 4.78 is 26.6. The van der Waals surface area contributed by atoms with Crippen LogP contribution in [0.15, 0.2) is 30.6 Å². The van der Waals surface area contributed by atoms with Gasteiger partial charge in [0.2, 0.25) is 5.95 Å². The average molecular weight is 333 g/mol. The minimum Gasteiger partial charge on any atom is -0.341 e. The topological polar surface area (TPSA) is 70.2 Å². The zero-order valence-corrected chi connectivity index (χ0v) is 12.9. The highest BCUT2D eigenvalue weighted by Gasteiger charge is 2.14. The number of carbonyl (C=O) groups is 1. The predicted molar refractivity (Wildman–Crippen MR) is 87.1 cm³/mol. The first kappa shape index (κ1) is 16.1. The largest absolute Gasteiger partial charge is 0.341 e. The van der Waals surface area contributed by atoms with Gasteiger partial charge in [0.25, 0.3) is 0 Å². The number of benzene rings is 1. The molecule has 2 N–H and O–H groups in total. The Balaban J connectivity index is 1.61. The molecule has 1 aliphatic heterocycles. The molecule has 2 amide bonds. The first-order chi connectivity index (χ1) is 11.6. The number of nitrogens with one attached hydrogen (secondary N) is 2. The molecule has 0 radical (unpaired) electrons. The monoisotopic (exact) mass is 333 g/mol. The van der Waals surface area contributed by atoms with Crippen LogP contribution in [0.4, 0.5) is 30.9 Å². The normalized spacial score (nSPS) is 14.3. The molecule has 2 heterocycles. The molecule has 0 atom stereocenters. The van der Waals surface area contributed by atoms with E-state index in [0.29, 0.717) is 11.6 Å². The van der Waals surface area contributed by atoms with Crippen LogP contribution in [0.3, 0.4) is 0 Å². The Hall–Kier alpha value is -2.77. The Morgan fingerprint density at radius 2 is 1.75 bits per heavy atom. The van der Waals surface area contributed by atoms with E-state index < -0.39 is 17.7 Å². The molecule has 1 aliphatic rings. The van der Waals surface area contributed by atoms with Gasteiger partial charge < -0.3 is 15.5 Å². The second-order valence-electron chi connectivity index (χ2n) is 5.52. The van der Waals surface area contributed by atoms with Gasteiger partial charge in [-0.25, -0.2) is 23.5 Å². The van der Waals surface area contributed by atoms with Crippen molar-refractivity contribution in [1.29, 1.82) is 0 Å². The lowest BCUT2D eigenvalue weighted by atomic mass is 10.1. The Kier molecular flexibility index (Phi) is 4.83. The molecule has 2 aromatic rings. The van der Waals surface area contributed by atoms with Gasteiger partial charge in [-0.05, 0) is 31.4 Å². The highest BCUT2D eigenvalue weighted by Crippen LogP contribution is 2.17. The fourth-order valence-electron chi connectivity index (χ4n) is 2.52. The van der Waals surface area contributed by atoms with E-state index in [-0.39, 0.29) is 5.69 Å². The van der Waals surface area contributed by atoms with Gasteiger partial charge in [-0.15, -0.1) is 0 Å². The third kappa shape index (κ3) is 3.95. The van der Waals surface area contributed by atoms with Gasteiger partial charge in [0, 0.05) is 19.2 Å². The minimum absolute atomic E-state index is 0.238. The minimum atomic E-state index is -0.719. The summed E-state index contributed by atoms with van der Waals surface area (Å²) in [4.78, 5) is 22.4. The van der Waals surface area contributed by atoms with Crippen LogP contribution >= 0.6 is 0 Å². The molecule has 0 bridgehead atoms. The smallest absolute Gasteiger partial charge is 0.323 e. The molecule has 3 rings (SSSR count). The van der Waals surface area contributed by atoms with E-state index >= 15 is 0 Å². The number of aromatic nitrogens is 2. The zero-order valence-electron chi connectivity index (χ0n) is 12.9. The molecule has 24 heavy (non-hydrogen) atoms. The molecular formula is C16H17F2N5O. The van der Waals surface area contributed by atoms with Gasteiger partial charge in [0.15, 0.2) is 0 Å². The highest BCUT2D eigenvalue weighted by atomic mass is 19.1. The summed E-state index contributed by atoms with van der Waals surface area (Å²) in [5.74, 6) is -0.735. The number of anilines is 3. The Labute approximate surface area is 137 Å². The maximum Gasteiger partial charge on any atom is 0.323 e. The molecular weight excluding hydrogens is 316 g/mol.